The third-order valence-electron chi connectivity index (χ3n) is 22.0. The van der Waals surface area contributed by atoms with Crippen LogP contribution in [0.25, 0.3) is 67.4 Å². The predicted molar refractivity (Wildman–Crippen MR) is 514 cm³/mol. The first kappa shape index (κ1) is 114. The van der Waals surface area contributed by atoms with Crippen molar-refractivity contribution in [2.45, 2.75) is 57.3 Å². The number of benzene rings is 5. The van der Waals surface area contributed by atoms with Gasteiger partial charge in [-0.25, -0.2) is 52.1 Å². The van der Waals surface area contributed by atoms with Gasteiger partial charge in [-0.3, -0.25) is 69.9 Å². The Morgan fingerprint density at radius 2 is 0.595 bits per heavy atom. The first-order chi connectivity index (χ1) is 69.7. The van der Waals surface area contributed by atoms with Crippen LogP contribution >= 0.6 is 46.4 Å². The molecule has 0 bridgehead atoms. The van der Waals surface area contributed by atoms with Crippen LogP contribution in [0.2, 0.25) is 20.1 Å². The van der Waals surface area contributed by atoms with Crippen LogP contribution in [-0.4, -0.2) is 267 Å². The number of nitrogens with two attached hydrogens (primary N) is 1. The molecule has 4 aliphatic rings. The molecule has 0 unspecified atom stereocenters. The Bertz CT molecular complexity index is 7590. The molecule has 0 spiro atoms. The van der Waals surface area contributed by atoms with Gasteiger partial charge in [-0.2, -0.15) is 77.9 Å². The fourth-order valence-corrected chi connectivity index (χ4v) is 15.8. The average molecular weight is 2170 g/mol. The van der Waals surface area contributed by atoms with Crippen LogP contribution in [0, 0.1) is 11.3 Å². The van der Waals surface area contributed by atoms with Crippen molar-refractivity contribution in [1.29, 1.82) is 5.26 Å². The second-order valence-corrected chi connectivity index (χ2v) is 33.2. The van der Waals surface area contributed by atoms with E-state index in [1.54, 1.807) is 94.5 Å². The van der Waals surface area contributed by atoms with E-state index >= 15 is 0 Å². The number of methoxy groups -OCH3 is 1. The smallest absolute Gasteiger partial charge is 0.475 e. The summed E-state index contributed by atoms with van der Waals surface area (Å²) < 4.78 is 148. The molecule has 4 fully saturated rings. The predicted octanol–water partition coefficient (Wildman–Crippen LogP) is 4.75. The molecule has 1 amide bonds. The van der Waals surface area contributed by atoms with Gasteiger partial charge in [0, 0.05) is 139 Å². The van der Waals surface area contributed by atoms with Gasteiger partial charge in [0.2, 0.25) is 29.7 Å². The Morgan fingerprint density at radius 3 is 0.831 bits per heavy atom. The molecule has 148 heavy (non-hydrogen) atoms. The summed E-state index contributed by atoms with van der Waals surface area (Å²) in [6.45, 7) is 10.8. The summed E-state index contributed by atoms with van der Waals surface area (Å²) in [7, 11) is 7.43. The highest BCUT2D eigenvalue weighted by Gasteiger charge is 2.42. The highest BCUT2D eigenvalue weighted by atomic mass is 35.5. The van der Waals surface area contributed by atoms with Gasteiger partial charge in [0.1, 0.15) is 19.6 Å². The standard InChI is InChI=1S/C24H25ClN6O2.C19H21ClN6O4.C18H20ClN7O3.C18H18ClN7O2.4C2HF3O2/c1-28-21-20(22(32)30(24(28)33)14-11-17-7-3-2-4-8-17)31(19-10-6-5-9-18(19)25)23(27-21)29-15-12-26-13-16-29;1-23-16-15(17(28)25(19(23)29)11-14(27)30-2)26(13-6-4-3-5-12(13)20)18(22-16)24-9-7-21-8-10-24;1-23-15-14(16(28)25(18(23)29)10-13(20)27)26(12-5-3-2-4-11(12)19)17(22-15)24-8-6-21-7-9-24;1-23-15-14(16(27)25(9-6-20)18(23)28)26(13-5-3-2-4-12(13)19)17(22-15)24-10-7-21-8-11-24;4*3-2(4,5)1(6)7/h2-10,26H,11-16H2,1H3;3-6,21H,7-11H2,1-2H3;2-5,21H,6-10H2,1H3,(H2,20,27);2-5,21H,7-11H2,1H3;4*(H,6,7). The fraction of sp³-hybridized carbons (Fsp3) is 0.345. The van der Waals surface area contributed by atoms with E-state index in [-0.39, 0.29) is 57.8 Å². The number of aromatic nitrogens is 16. The lowest BCUT2D eigenvalue weighted by atomic mass is 10.1. The Labute approximate surface area is 842 Å². The number of halogens is 16. The van der Waals surface area contributed by atoms with Crippen LogP contribution in [0.3, 0.4) is 0 Å². The molecule has 792 valence electrons. The number of carboxylic acids is 4. The van der Waals surface area contributed by atoms with Crippen molar-refractivity contribution in [2.24, 2.45) is 33.9 Å². The molecule has 0 atom stereocenters. The molecule has 61 heteroatoms. The molecule has 0 aliphatic carbocycles. The summed E-state index contributed by atoms with van der Waals surface area (Å²) in [6, 6.07) is 40.4. The third kappa shape index (κ3) is 26.6. The van der Waals surface area contributed by atoms with Crippen molar-refractivity contribution in [1.82, 2.24) is 96.0 Å². The second kappa shape index (κ2) is 49.0. The maximum atomic E-state index is 13.7. The highest BCUT2D eigenvalue weighted by molar-refractivity contribution is 6.33. The van der Waals surface area contributed by atoms with Crippen molar-refractivity contribution in [2.75, 3.05) is 131 Å². The lowest BCUT2D eigenvalue weighted by molar-refractivity contribution is -0.193. The zero-order valence-corrected chi connectivity index (χ0v) is 80.9. The first-order valence-corrected chi connectivity index (χ1v) is 44.9. The number of ether oxygens (including phenoxy) is 1. The van der Waals surface area contributed by atoms with Crippen molar-refractivity contribution in [3.05, 3.63) is 236 Å². The summed E-state index contributed by atoms with van der Waals surface area (Å²) >= 11 is 25.9. The number of hydrogen-bond acceptors (Lipinski definition) is 28. The number of aliphatic carboxylic acids is 4. The van der Waals surface area contributed by atoms with E-state index in [0.29, 0.717) is 123 Å². The number of carbonyl (C=O) groups is 6. The Balaban J connectivity index is 0.000000185. The summed E-state index contributed by atoms with van der Waals surface area (Å²) in [4.78, 5) is 190. The van der Waals surface area contributed by atoms with E-state index in [4.69, 9.17) is 102 Å². The quantitative estimate of drug-likeness (QED) is 0.0465. The SMILES string of the molecule is COC(=O)Cn1c(=O)c2c(nc(N3CCNCC3)n2-c2ccccc2Cl)n(C)c1=O.Cn1c(=O)n(CC#N)c(=O)c2c1nc(N1CCNCC1)n2-c1ccccc1Cl.Cn1c(=O)n(CC(N)=O)c(=O)c2c1nc(N1CCNCC1)n2-c1ccccc1Cl.Cn1c(=O)n(CCc2ccccc2)c(=O)c2c1nc(N1CCNCC1)n2-c1ccccc1Cl.O=C(O)C(F)(F)F.O=C(O)C(F)(F)F.O=C(O)C(F)(F)F.O=C(O)C(F)(F)F. The average Bonchev–Trinajstić information content (AvgIpc) is 1.60. The second-order valence-electron chi connectivity index (χ2n) is 31.6. The zero-order valence-electron chi connectivity index (χ0n) is 77.9. The molecule has 0 radical (unpaired) electrons. The van der Waals surface area contributed by atoms with Crippen molar-refractivity contribution < 1.29 is 107 Å². The number of hydrogen-bond donors (Lipinski definition) is 9. The van der Waals surface area contributed by atoms with Crippen LogP contribution in [-0.2, 0) is 94.3 Å². The van der Waals surface area contributed by atoms with E-state index < -0.39 is 107 Å². The lowest BCUT2D eigenvalue weighted by Crippen LogP contribution is -2.44. The molecule has 45 nitrogen and oxygen atoms in total. The number of para-hydroxylation sites is 4. The number of esters is 1. The normalized spacial score (nSPS) is 13.8. The van der Waals surface area contributed by atoms with Crippen LogP contribution < -0.4 is 91.6 Å². The number of primary amides is 1. The van der Waals surface area contributed by atoms with Crippen LogP contribution in [0.5, 0.6) is 0 Å². The van der Waals surface area contributed by atoms with Gasteiger partial charge in [0.05, 0.1) is 56.0 Å². The number of nitrogens with one attached hydrogen (secondary N) is 4. The Kier molecular flexibility index (Phi) is 37.9. The van der Waals surface area contributed by atoms with Gasteiger partial charge in [0.25, 0.3) is 22.2 Å². The van der Waals surface area contributed by atoms with Crippen LogP contribution in [0.15, 0.2) is 166 Å². The van der Waals surface area contributed by atoms with Gasteiger partial charge in [-0.1, -0.05) is 125 Å². The summed E-state index contributed by atoms with van der Waals surface area (Å²) in [6.07, 6.45) is -19.8. The molecule has 5 aromatic carbocycles. The summed E-state index contributed by atoms with van der Waals surface area (Å²) in [5.41, 5.74) is 6.21. The van der Waals surface area contributed by atoms with E-state index in [0.717, 1.165) is 84.7 Å². The molecule has 10 N–H and O–H groups in total. The maximum Gasteiger partial charge on any atom is 0.490 e. The van der Waals surface area contributed by atoms with Gasteiger partial charge in [-0.05, 0) is 60.5 Å². The van der Waals surface area contributed by atoms with Crippen LogP contribution in [0.1, 0.15) is 5.56 Å². The van der Waals surface area contributed by atoms with Gasteiger partial charge >= 0.3 is 77.3 Å². The molecule has 13 aromatic rings. The van der Waals surface area contributed by atoms with Gasteiger partial charge in [-0.15, -0.1) is 0 Å². The Morgan fingerprint density at radius 1 is 0.372 bits per heavy atom. The topological polar surface area (TPSA) is 551 Å². The van der Waals surface area contributed by atoms with E-state index in [9.17, 15) is 101 Å². The molecule has 0 saturated carbocycles. The van der Waals surface area contributed by atoms with Gasteiger partial charge in [0.15, 0.2) is 44.7 Å². The number of anilines is 4. The number of nitriles is 1. The number of carboxylic acid groups (broad SMARTS) is 4. The first-order valence-electron chi connectivity index (χ1n) is 43.4. The number of imidazole rings is 4. The number of carbonyl (C=O) groups excluding carboxylic acids is 2. The minimum absolute atomic E-state index is 0.162. The number of rotatable bonds is 16. The molecule has 8 aromatic heterocycles. The van der Waals surface area contributed by atoms with E-state index in [2.05, 4.69) is 50.8 Å². The molecule has 17 rings (SSSR count). The van der Waals surface area contributed by atoms with Crippen LogP contribution in [0.4, 0.5) is 76.5 Å². The largest absolute Gasteiger partial charge is 0.490 e. The fourth-order valence-electron chi connectivity index (χ4n) is 14.9. The van der Waals surface area contributed by atoms with E-state index in [1.807, 2.05) is 81.1 Å². The minimum Gasteiger partial charge on any atom is -0.475 e. The van der Waals surface area contributed by atoms with E-state index in [1.165, 1.54) is 44.0 Å². The lowest BCUT2D eigenvalue weighted by Gasteiger charge is -2.28. The Hall–Kier alpha value is -15.6. The van der Waals surface area contributed by atoms with Gasteiger partial charge < -0.3 is 71.8 Å². The number of fused-ring (bicyclic) bond motifs is 4. The number of alkyl halides is 12. The van der Waals surface area contributed by atoms with Crippen molar-refractivity contribution in [3.8, 4) is 28.8 Å². The summed E-state index contributed by atoms with van der Waals surface area (Å²) in [5.74, 6) is -10.3. The number of amides is 1. The van der Waals surface area contributed by atoms with Crippen molar-refractivity contribution >= 4 is 151 Å². The minimum atomic E-state index is -5.08. The molecular weight excluding hydrogens is 2080 g/mol. The number of aryl methyl sites for hydroxylation is 5. The number of piperazine rings is 4. The number of nitrogens with zero attached hydrogens (tertiary/aromatic N) is 21. The zero-order chi connectivity index (χ0) is 109. The van der Waals surface area contributed by atoms with Crippen molar-refractivity contribution in [3.63, 3.8) is 0 Å². The molecular formula is C87H88Cl4F12N26O19. The monoisotopic (exact) mass is 2170 g/mol. The molecule has 4 saturated heterocycles. The molecule has 4 aliphatic heterocycles. The maximum absolute atomic E-state index is 13.7. The third-order valence-corrected chi connectivity index (χ3v) is 23.2. The summed E-state index contributed by atoms with van der Waals surface area (Å²) in [5, 5.41) is 52.6. The highest BCUT2D eigenvalue weighted by Crippen LogP contribution is 2.35. The molecule has 12 heterocycles.